The fraction of sp³-hybridized carbons (Fsp3) is 0.273. The fourth-order valence-electron chi connectivity index (χ4n) is 1.46. The number of nitrogens with zero attached hydrogens (tertiary/aromatic N) is 4. The van der Waals surface area contributed by atoms with Gasteiger partial charge in [0.2, 0.25) is 0 Å². The number of ether oxygens (including phenoxy) is 1. The molecule has 0 aliphatic carbocycles. The second-order valence-electron chi connectivity index (χ2n) is 3.63. The molecule has 0 amide bonds. The maximum absolute atomic E-state index is 13.3. The summed E-state index contributed by atoms with van der Waals surface area (Å²) >= 11 is 5.59. The zero-order chi connectivity index (χ0) is 13.8. The maximum atomic E-state index is 13.3. The molecule has 0 bridgehead atoms. The van der Waals surface area contributed by atoms with Crippen molar-refractivity contribution >= 4 is 17.6 Å². The Balaban J connectivity index is 2.21. The first-order valence-electron chi connectivity index (χ1n) is 5.49. The third-order valence-electron chi connectivity index (χ3n) is 2.31. The van der Waals surface area contributed by atoms with Crippen LogP contribution in [0.5, 0.6) is 0 Å². The Labute approximate surface area is 113 Å². The van der Waals surface area contributed by atoms with Gasteiger partial charge in [0, 0.05) is 0 Å². The average Bonchev–Trinajstić information content (AvgIpc) is 2.82. The Morgan fingerprint density at radius 3 is 3.00 bits per heavy atom. The highest BCUT2D eigenvalue weighted by molar-refractivity contribution is 6.30. The van der Waals surface area contributed by atoms with Gasteiger partial charge in [0.15, 0.2) is 0 Å². The first kappa shape index (κ1) is 13.4. The number of benzene rings is 1. The van der Waals surface area contributed by atoms with E-state index in [1.54, 1.807) is 13.0 Å². The molecule has 100 valence electrons. The molecule has 0 spiro atoms. The Kier molecular flexibility index (Phi) is 4.06. The van der Waals surface area contributed by atoms with E-state index in [1.165, 1.54) is 16.8 Å². The highest BCUT2D eigenvalue weighted by Crippen LogP contribution is 2.16. The lowest BCUT2D eigenvalue weighted by Gasteiger charge is -2.05. The highest BCUT2D eigenvalue weighted by Gasteiger charge is 2.17. The molecule has 0 aliphatic rings. The average molecular weight is 285 g/mol. The zero-order valence-electron chi connectivity index (χ0n) is 10.0. The van der Waals surface area contributed by atoms with Gasteiger partial charge in [-0.2, -0.15) is 0 Å². The van der Waals surface area contributed by atoms with Crippen LogP contribution in [0.25, 0.3) is 0 Å². The zero-order valence-corrected chi connectivity index (χ0v) is 10.8. The Morgan fingerprint density at radius 1 is 1.53 bits per heavy atom. The van der Waals surface area contributed by atoms with E-state index in [-0.39, 0.29) is 24.0 Å². The van der Waals surface area contributed by atoms with Crippen molar-refractivity contribution in [2.45, 2.75) is 13.5 Å². The van der Waals surface area contributed by atoms with E-state index in [2.05, 4.69) is 15.5 Å². The van der Waals surface area contributed by atoms with Crippen molar-refractivity contribution in [2.75, 3.05) is 6.61 Å². The van der Waals surface area contributed by atoms with E-state index in [0.717, 1.165) is 0 Å². The van der Waals surface area contributed by atoms with E-state index in [1.807, 2.05) is 0 Å². The molecule has 6 nitrogen and oxygen atoms in total. The summed E-state index contributed by atoms with van der Waals surface area (Å²) < 4.78 is 19.4. The summed E-state index contributed by atoms with van der Waals surface area (Å²) in [5.41, 5.74) is 0.583. The highest BCUT2D eigenvalue weighted by atomic mass is 35.5. The van der Waals surface area contributed by atoms with Crippen LogP contribution in [0.2, 0.25) is 5.02 Å². The molecule has 0 unspecified atom stereocenters. The van der Waals surface area contributed by atoms with Crippen molar-refractivity contribution < 1.29 is 13.9 Å². The van der Waals surface area contributed by atoms with E-state index >= 15 is 0 Å². The first-order valence-corrected chi connectivity index (χ1v) is 5.86. The second-order valence-corrected chi connectivity index (χ2v) is 4.04. The normalized spacial score (nSPS) is 10.5. The van der Waals surface area contributed by atoms with Crippen LogP contribution in [-0.4, -0.2) is 32.8 Å². The van der Waals surface area contributed by atoms with E-state index < -0.39 is 11.8 Å². The van der Waals surface area contributed by atoms with Gasteiger partial charge in [-0.25, -0.2) is 13.9 Å². The third kappa shape index (κ3) is 3.05. The Morgan fingerprint density at radius 2 is 2.32 bits per heavy atom. The molecule has 2 aromatic rings. The monoisotopic (exact) mass is 284 g/mol. The van der Waals surface area contributed by atoms with E-state index in [9.17, 15) is 9.18 Å². The van der Waals surface area contributed by atoms with Gasteiger partial charge in [0.1, 0.15) is 5.82 Å². The molecule has 0 radical (unpaired) electrons. The maximum Gasteiger partial charge on any atom is 0.378 e. The van der Waals surface area contributed by atoms with Crippen molar-refractivity contribution in [2.24, 2.45) is 0 Å². The van der Waals surface area contributed by atoms with Crippen molar-refractivity contribution in [1.82, 2.24) is 20.2 Å². The molecule has 0 atom stereocenters. The SMILES string of the molecule is CCOC(=O)c1nnnn1Cc1ccc(Cl)c(F)c1. The van der Waals surface area contributed by atoms with Gasteiger partial charge in [0.05, 0.1) is 18.2 Å². The largest absolute Gasteiger partial charge is 0.460 e. The number of carbonyl (C=O) groups is 1. The molecule has 1 heterocycles. The van der Waals surface area contributed by atoms with Crippen molar-refractivity contribution in [3.05, 3.63) is 40.4 Å². The van der Waals surface area contributed by atoms with Crippen molar-refractivity contribution in [3.63, 3.8) is 0 Å². The summed E-state index contributed by atoms with van der Waals surface area (Å²) in [4.78, 5) is 11.6. The van der Waals surface area contributed by atoms with Crippen LogP contribution < -0.4 is 0 Å². The smallest absolute Gasteiger partial charge is 0.378 e. The Hall–Kier alpha value is -2.02. The van der Waals surface area contributed by atoms with E-state index in [0.29, 0.717) is 5.56 Å². The van der Waals surface area contributed by atoms with Gasteiger partial charge in [-0.15, -0.1) is 5.10 Å². The number of tetrazole rings is 1. The number of hydrogen-bond donors (Lipinski definition) is 0. The molecule has 19 heavy (non-hydrogen) atoms. The van der Waals surface area contributed by atoms with Gasteiger partial charge >= 0.3 is 5.97 Å². The number of halogens is 2. The summed E-state index contributed by atoms with van der Waals surface area (Å²) in [5, 5.41) is 10.7. The van der Waals surface area contributed by atoms with E-state index in [4.69, 9.17) is 16.3 Å². The van der Waals surface area contributed by atoms with Gasteiger partial charge in [-0.1, -0.05) is 17.7 Å². The fourth-order valence-corrected chi connectivity index (χ4v) is 1.58. The molecular weight excluding hydrogens is 275 g/mol. The first-order chi connectivity index (χ1) is 9.11. The third-order valence-corrected chi connectivity index (χ3v) is 2.61. The summed E-state index contributed by atoms with van der Waals surface area (Å²) in [6.45, 7) is 2.05. The van der Waals surface area contributed by atoms with Gasteiger partial charge in [-0.05, 0) is 35.0 Å². The predicted octanol–water partition coefficient (Wildman–Crippen LogP) is 1.69. The van der Waals surface area contributed by atoms with Gasteiger partial charge in [-0.3, -0.25) is 0 Å². The summed E-state index contributed by atoms with van der Waals surface area (Å²) in [7, 11) is 0. The van der Waals surface area contributed by atoms with Crippen LogP contribution in [0.15, 0.2) is 18.2 Å². The lowest BCUT2D eigenvalue weighted by Crippen LogP contribution is -2.15. The molecule has 0 fully saturated rings. The van der Waals surface area contributed by atoms with Crippen LogP contribution >= 0.6 is 11.6 Å². The van der Waals surface area contributed by atoms with Crippen LogP contribution in [0.3, 0.4) is 0 Å². The topological polar surface area (TPSA) is 69.9 Å². The van der Waals surface area contributed by atoms with Crippen LogP contribution in [0.4, 0.5) is 4.39 Å². The lowest BCUT2D eigenvalue weighted by atomic mass is 10.2. The van der Waals surface area contributed by atoms with Crippen LogP contribution in [0.1, 0.15) is 23.1 Å². The molecule has 1 aromatic carbocycles. The predicted molar refractivity (Wildman–Crippen MR) is 64.3 cm³/mol. The number of esters is 1. The minimum absolute atomic E-state index is 0.0304. The van der Waals surface area contributed by atoms with Crippen LogP contribution in [-0.2, 0) is 11.3 Å². The van der Waals surface area contributed by atoms with Gasteiger partial charge < -0.3 is 4.74 Å². The minimum Gasteiger partial charge on any atom is -0.460 e. The van der Waals surface area contributed by atoms with Crippen molar-refractivity contribution in [3.8, 4) is 0 Å². The molecule has 1 aromatic heterocycles. The van der Waals surface area contributed by atoms with Crippen molar-refractivity contribution in [1.29, 1.82) is 0 Å². The second kappa shape index (κ2) is 5.75. The molecular formula is C11H10ClFN4O2. The number of hydrogen-bond acceptors (Lipinski definition) is 5. The summed E-state index contributed by atoms with van der Waals surface area (Å²) in [6, 6.07) is 4.32. The Bertz CT molecular complexity index is 602. The molecule has 0 saturated heterocycles. The summed E-state index contributed by atoms with van der Waals surface area (Å²) in [5.74, 6) is -1.19. The molecule has 8 heteroatoms. The quantitative estimate of drug-likeness (QED) is 0.799. The standard InChI is InChI=1S/C11H10ClFN4O2/c1-2-19-11(18)10-14-15-16-17(10)6-7-3-4-8(12)9(13)5-7/h3-5H,2,6H2,1H3. The number of carbonyl (C=O) groups excluding carboxylic acids is 1. The number of rotatable bonds is 4. The van der Waals surface area contributed by atoms with Gasteiger partial charge in [0.25, 0.3) is 5.82 Å². The molecule has 0 aliphatic heterocycles. The number of aromatic nitrogens is 4. The molecule has 2 rings (SSSR count). The molecule has 0 saturated carbocycles. The molecule has 0 N–H and O–H groups in total. The van der Waals surface area contributed by atoms with Crippen LogP contribution in [0, 0.1) is 5.82 Å². The minimum atomic E-state index is -0.623. The lowest BCUT2D eigenvalue weighted by molar-refractivity contribution is 0.0505. The summed E-state index contributed by atoms with van der Waals surface area (Å²) in [6.07, 6.45) is 0.